The minimum atomic E-state index is -2.52. The van der Waals surface area contributed by atoms with Gasteiger partial charge in [-0.1, -0.05) is 0 Å². The van der Waals surface area contributed by atoms with Gasteiger partial charge in [0.1, 0.15) is 4.75 Å². The molecule has 0 bridgehead atoms. The molecule has 2 aliphatic rings. The number of nitrogens with one attached hydrogen (secondary N) is 2. The van der Waals surface area contributed by atoms with Gasteiger partial charge in [-0.05, 0) is 46.7 Å². The molecule has 1 spiro atoms. The molecular weight excluding hydrogens is 284 g/mol. The first kappa shape index (κ1) is 15.9. The number of hydrogen-bond donors (Lipinski definition) is 4. The summed E-state index contributed by atoms with van der Waals surface area (Å²) in [6.45, 7) is 7.58. The number of piperidine rings is 1. The standard InChI is InChI=1S/C12H26N2O3S2/c1-11(2,3)18(15)14-10-8-19(16,17)9-12(10)4-6-13-7-5-12/h10,13-14,16-17H,4-9H2,1-3H3/t10?,18-/m1/s1. The molecule has 0 aromatic carbocycles. The van der Waals surface area contributed by atoms with Crippen LogP contribution in [0.4, 0.5) is 0 Å². The Morgan fingerprint density at radius 2 is 1.89 bits per heavy atom. The summed E-state index contributed by atoms with van der Waals surface area (Å²) in [6.07, 6.45) is 1.84. The van der Waals surface area contributed by atoms with E-state index in [4.69, 9.17) is 0 Å². The van der Waals surface area contributed by atoms with Crippen molar-refractivity contribution in [1.29, 1.82) is 0 Å². The van der Waals surface area contributed by atoms with Gasteiger partial charge in [0.15, 0.2) is 0 Å². The van der Waals surface area contributed by atoms with E-state index in [1.165, 1.54) is 0 Å². The average molecular weight is 310 g/mol. The molecule has 2 saturated heterocycles. The van der Waals surface area contributed by atoms with Crippen molar-refractivity contribution in [2.75, 3.05) is 24.6 Å². The molecule has 2 aliphatic heterocycles. The normalized spacial score (nSPS) is 33.3. The zero-order valence-corrected chi connectivity index (χ0v) is 13.6. The maximum Gasteiger partial charge on any atom is 0.136 e. The molecule has 4 N–H and O–H groups in total. The van der Waals surface area contributed by atoms with E-state index < -0.39 is 22.0 Å². The Bertz CT molecular complexity index is 327. The molecule has 19 heavy (non-hydrogen) atoms. The van der Waals surface area contributed by atoms with E-state index in [1.54, 1.807) is 0 Å². The van der Waals surface area contributed by atoms with E-state index in [1.807, 2.05) is 20.8 Å². The summed E-state index contributed by atoms with van der Waals surface area (Å²) in [5.41, 5.74) is -0.106. The summed E-state index contributed by atoms with van der Waals surface area (Å²) >= 11 is -1.17. The molecule has 0 saturated carbocycles. The Morgan fingerprint density at radius 1 is 1.32 bits per heavy atom. The van der Waals surface area contributed by atoms with Crippen LogP contribution in [0.5, 0.6) is 0 Å². The molecule has 0 aromatic rings. The van der Waals surface area contributed by atoms with Crippen molar-refractivity contribution in [3.8, 4) is 0 Å². The molecule has 7 heteroatoms. The van der Waals surface area contributed by atoms with Gasteiger partial charge < -0.3 is 9.87 Å². The van der Waals surface area contributed by atoms with E-state index >= 15 is 0 Å². The highest BCUT2D eigenvalue weighted by Crippen LogP contribution is 2.57. The molecule has 5 nitrogen and oxygen atoms in total. The monoisotopic (exact) mass is 310 g/mol. The van der Waals surface area contributed by atoms with Crippen LogP contribution in [0.25, 0.3) is 0 Å². The van der Waals surface area contributed by atoms with Crippen LogP contribution in [0.1, 0.15) is 33.6 Å². The highest BCUT2D eigenvalue weighted by Gasteiger charge is 2.52. The third-order valence-electron chi connectivity index (χ3n) is 4.10. The topological polar surface area (TPSA) is 87.6 Å². The lowest BCUT2D eigenvalue weighted by atomic mass is 9.76. The maximum absolute atomic E-state index is 12.3. The van der Waals surface area contributed by atoms with Gasteiger partial charge in [0.25, 0.3) is 0 Å². The molecule has 2 rings (SSSR count). The SMILES string of the molecule is CC(C)(C)[S@@+]([O-])NC1CS(O)(O)CC12CCNCC2. The van der Waals surface area contributed by atoms with Crippen molar-refractivity contribution >= 4 is 22.0 Å². The van der Waals surface area contributed by atoms with E-state index in [0.717, 1.165) is 25.9 Å². The first-order valence-corrected chi connectivity index (χ1v) is 9.81. The van der Waals surface area contributed by atoms with E-state index in [9.17, 15) is 13.7 Å². The Labute approximate surface area is 120 Å². The van der Waals surface area contributed by atoms with Crippen LogP contribution in [-0.2, 0) is 11.4 Å². The van der Waals surface area contributed by atoms with Crippen molar-refractivity contribution in [1.82, 2.24) is 10.0 Å². The van der Waals surface area contributed by atoms with E-state index in [0.29, 0.717) is 11.5 Å². The second kappa shape index (κ2) is 5.36. The Kier molecular flexibility index (Phi) is 4.48. The minimum absolute atomic E-state index is 0.0559. The summed E-state index contributed by atoms with van der Waals surface area (Å²) in [4.78, 5) is 0. The average Bonchev–Trinajstić information content (AvgIpc) is 2.49. The second-order valence-corrected chi connectivity index (χ2v) is 11.0. The summed E-state index contributed by atoms with van der Waals surface area (Å²) in [6, 6.07) is -0.0559. The zero-order chi connectivity index (χ0) is 14.3. The van der Waals surface area contributed by atoms with Crippen molar-refractivity contribution < 1.29 is 13.7 Å². The lowest BCUT2D eigenvalue weighted by Crippen LogP contribution is -2.54. The summed E-state index contributed by atoms with van der Waals surface area (Å²) in [7, 11) is -2.52. The lowest BCUT2D eigenvalue weighted by Gasteiger charge is -2.39. The highest BCUT2D eigenvalue weighted by molar-refractivity contribution is 8.24. The fourth-order valence-electron chi connectivity index (χ4n) is 2.95. The van der Waals surface area contributed by atoms with E-state index in [-0.39, 0.29) is 16.2 Å². The minimum Gasteiger partial charge on any atom is -0.598 e. The van der Waals surface area contributed by atoms with Crippen LogP contribution < -0.4 is 10.0 Å². The molecular formula is C12H26N2O3S2. The molecule has 0 aliphatic carbocycles. The third kappa shape index (κ3) is 3.58. The highest BCUT2D eigenvalue weighted by atomic mass is 32.3. The third-order valence-corrected chi connectivity index (χ3v) is 7.61. The van der Waals surface area contributed by atoms with Gasteiger partial charge in [-0.3, -0.25) is 9.11 Å². The van der Waals surface area contributed by atoms with E-state index in [2.05, 4.69) is 10.0 Å². The summed E-state index contributed by atoms with van der Waals surface area (Å²) < 4.78 is 35.3. The molecule has 114 valence electrons. The zero-order valence-electron chi connectivity index (χ0n) is 11.9. The molecule has 1 unspecified atom stereocenters. The van der Waals surface area contributed by atoms with Crippen molar-refractivity contribution in [2.24, 2.45) is 5.41 Å². The van der Waals surface area contributed by atoms with Crippen LogP contribution >= 0.6 is 10.6 Å². The maximum atomic E-state index is 12.3. The van der Waals surface area contributed by atoms with Crippen LogP contribution in [0.2, 0.25) is 0 Å². The Hall–Kier alpha value is 0.500. The van der Waals surface area contributed by atoms with Crippen molar-refractivity contribution in [3.63, 3.8) is 0 Å². The molecule has 0 radical (unpaired) electrons. The predicted molar refractivity (Wildman–Crippen MR) is 81.9 cm³/mol. The molecule has 2 fully saturated rings. The van der Waals surface area contributed by atoms with Gasteiger partial charge in [0.05, 0.1) is 11.8 Å². The Morgan fingerprint density at radius 3 is 2.42 bits per heavy atom. The smallest absolute Gasteiger partial charge is 0.136 e. The first-order valence-electron chi connectivity index (χ1n) is 6.77. The van der Waals surface area contributed by atoms with Crippen molar-refractivity contribution in [2.45, 2.75) is 44.4 Å². The predicted octanol–water partition coefficient (Wildman–Crippen LogP) is 1.54. The van der Waals surface area contributed by atoms with Crippen LogP contribution in [-0.4, -0.2) is 49.0 Å². The quantitative estimate of drug-likeness (QED) is 0.581. The fourth-order valence-corrected chi connectivity index (χ4v) is 6.50. The van der Waals surface area contributed by atoms with Gasteiger partial charge in [-0.2, -0.15) is 10.6 Å². The van der Waals surface area contributed by atoms with Gasteiger partial charge in [-0.25, -0.2) is 0 Å². The van der Waals surface area contributed by atoms with Crippen LogP contribution in [0.15, 0.2) is 0 Å². The second-order valence-electron chi connectivity index (χ2n) is 6.78. The lowest BCUT2D eigenvalue weighted by molar-refractivity contribution is 0.198. The Balaban J connectivity index is 2.12. The summed E-state index contributed by atoms with van der Waals surface area (Å²) in [5.74, 6) is 0.801. The number of hydrogen-bond acceptors (Lipinski definition) is 5. The van der Waals surface area contributed by atoms with Gasteiger partial charge in [-0.15, -0.1) is 4.72 Å². The molecule has 0 aromatic heterocycles. The largest absolute Gasteiger partial charge is 0.598 e. The van der Waals surface area contributed by atoms with Gasteiger partial charge in [0, 0.05) is 22.5 Å². The van der Waals surface area contributed by atoms with Gasteiger partial charge in [0.2, 0.25) is 0 Å². The number of rotatable bonds is 2. The van der Waals surface area contributed by atoms with Gasteiger partial charge >= 0.3 is 0 Å². The molecule has 2 heterocycles. The molecule has 0 amide bonds. The van der Waals surface area contributed by atoms with Crippen LogP contribution in [0, 0.1) is 5.41 Å². The van der Waals surface area contributed by atoms with Crippen LogP contribution in [0.3, 0.4) is 0 Å². The fraction of sp³-hybridized carbons (Fsp3) is 1.00. The first-order chi connectivity index (χ1) is 8.65. The summed E-state index contributed by atoms with van der Waals surface area (Å²) in [5, 5.41) is 3.31. The van der Waals surface area contributed by atoms with Crippen molar-refractivity contribution in [3.05, 3.63) is 0 Å². The molecule has 2 atom stereocenters.